The number of nitrogens with zero attached hydrogens (tertiary/aromatic N) is 2. The first-order valence-corrected chi connectivity index (χ1v) is 12.6. The van der Waals surface area contributed by atoms with Gasteiger partial charge in [0.2, 0.25) is 0 Å². The smallest absolute Gasteiger partial charge is 0.164 e. The van der Waals surface area contributed by atoms with Gasteiger partial charge in [0.1, 0.15) is 0 Å². The summed E-state index contributed by atoms with van der Waals surface area (Å²) in [6.45, 7) is 0. The van der Waals surface area contributed by atoms with Gasteiger partial charge < -0.3 is 4.90 Å². The molecule has 0 saturated carbocycles. The summed E-state index contributed by atoms with van der Waals surface area (Å²) in [5.74, 6) is 1.04. The van der Waals surface area contributed by atoms with E-state index < -0.39 is 9.84 Å². The van der Waals surface area contributed by atoms with E-state index in [1.165, 1.54) is 16.3 Å². The van der Waals surface area contributed by atoms with Gasteiger partial charge in [-0.3, -0.25) is 4.99 Å². The van der Waals surface area contributed by atoms with Crippen LogP contribution in [0.1, 0.15) is 5.56 Å². The maximum absolute atomic E-state index is 12.2. The van der Waals surface area contributed by atoms with Crippen molar-refractivity contribution in [2.75, 3.05) is 16.4 Å². The second-order valence-corrected chi connectivity index (χ2v) is 10.9. The number of anilines is 1. The Bertz CT molecular complexity index is 1200. The number of thioether (sulfide) groups is 1. The van der Waals surface area contributed by atoms with Crippen molar-refractivity contribution in [2.24, 2.45) is 4.99 Å². The van der Waals surface area contributed by atoms with Gasteiger partial charge in [0.05, 0.1) is 23.6 Å². The molecule has 2 aliphatic rings. The molecule has 1 fully saturated rings. The Labute approximate surface area is 179 Å². The highest BCUT2D eigenvalue weighted by Crippen LogP contribution is 2.36. The molecule has 7 heteroatoms. The van der Waals surface area contributed by atoms with Crippen LogP contribution in [0.2, 0.25) is 5.02 Å². The lowest BCUT2D eigenvalue weighted by Gasteiger charge is -2.26. The van der Waals surface area contributed by atoms with Crippen LogP contribution in [0, 0.1) is 0 Å². The molecule has 2 unspecified atom stereocenters. The fourth-order valence-corrected chi connectivity index (χ4v) is 7.19. The summed E-state index contributed by atoms with van der Waals surface area (Å²) in [6.07, 6.45) is 0. The fraction of sp³-hybridized carbons (Fsp3) is 0.227. The van der Waals surface area contributed by atoms with Gasteiger partial charge in [-0.15, -0.1) is 0 Å². The minimum absolute atomic E-state index is 0.125. The quantitative estimate of drug-likeness (QED) is 0.586. The van der Waals surface area contributed by atoms with Crippen LogP contribution < -0.4 is 4.90 Å². The molecule has 2 atom stereocenters. The van der Waals surface area contributed by atoms with E-state index in [9.17, 15) is 8.42 Å². The normalized spacial score (nSPS) is 22.7. The predicted octanol–water partition coefficient (Wildman–Crippen LogP) is 4.77. The molecule has 29 heavy (non-hydrogen) atoms. The van der Waals surface area contributed by atoms with E-state index in [0.717, 1.165) is 16.6 Å². The van der Waals surface area contributed by atoms with E-state index >= 15 is 0 Å². The number of amidine groups is 1. The lowest BCUT2D eigenvalue weighted by molar-refractivity contribution is 0.601. The van der Waals surface area contributed by atoms with Gasteiger partial charge in [0.15, 0.2) is 15.0 Å². The molecule has 5 rings (SSSR count). The van der Waals surface area contributed by atoms with Crippen LogP contribution in [-0.4, -0.2) is 37.2 Å². The zero-order valence-electron chi connectivity index (χ0n) is 15.5. The van der Waals surface area contributed by atoms with Crippen molar-refractivity contribution in [3.05, 3.63) is 77.3 Å². The predicted molar refractivity (Wildman–Crippen MR) is 123 cm³/mol. The number of rotatable bonds is 3. The molecule has 2 heterocycles. The Morgan fingerprint density at radius 3 is 2.59 bits per heavy atom. The summed E-state index contributed by atoms with van der Waals surface area (Å²) >= 11 is 7.72. The average molecular weight is 443 g/mol. The molecule has 0 radical (unpaired) electrons. The lowest BCUT2D eigenvalue weighted by atomic mass is 10.1. The molecule has 3 aromatic carbocycles. The molecule has 0 aliphatic carbocycles. The van der Waals surface area contributed by atoms with Crippen molar-refractivity contribution in [1.29, 1.82) is 0 Å². The number of hydrogen-bond acceptors (Lipinski definition) is 5. The third-order valence-corrected chi connectivity index (χ3v) is 8.42. The molecule has 0 aromatic heterocycles. The fourth-order valence-electron chi connectivity index (χ4n) is 4.10. The highest BCUT2D eigenvalue weighted by molar-refractivity contribution is 8.13. The maximum atomic E-state index is 12.2. The zero-order chi connectivity index (χ0) is 20.0. The second-order valence-electron chi connectivity index (χ2n) is 7.40. The van der Waals surface area contributed by atoms with E-state index in [1.54, 1.807) is 11.8 Å². The van der Waals surface area contributed by atoms with Gasteiger partial charge in [0, 0.05) is 16.5 Å². The first kappa shape index (κ1) is 19.0. The van der Waals surface area contributed by atoms with Gasteiger partial charge in [-0.2, -0.15) is 0 Å². The van der Waals surface area contributed by atoms with Crippen LogP contribution in [-0.2, 0) is 15.6 Å². The first-order valence-electron chi connectivity index (χ1n) is 9.43. The van der Waals surface area contributed by atoms with Crippen LogP contribution in [0.3, 0.4) is 0 Å². The molecule has 0 amide bonds. The molecular weight excluding hydrogens is 424 g/mol. The minimum atomic E-state index is -3.06. The highest BCUT2D eigenvalue weighted by atomic mass is 35.5. The number of benzene rings is 3. The van der Waals surface area contributed by atoms with Crippen LogP contribution in [0.4, 0.5) is 5.69 Å². The Morgan fingerprint density at radius 2 is 1.76 bits per heavy atom. The van der Waals surface area contributed by atoms with Crippen LogP contribution in [0.15, 0.2) is 71.7 Å². The molecular formula is C22H19ClN2O2S2. The number of halogens is 1. The van der Waals surface area contributed by atoms with E-state index in [0.29, 0.717) is 5.02 Å². The van der Waals surface area contributed by atoms with Crippen molar-refractivity contribution in [1.82, 2.24) is 0 Å². The van der Waals surface area contributed by atoms with Crippen LogP contribution in [0.5, 0.6) is 0 Å². The van der Waals surface area contributed by atoms with Crippen molar-refractivity contribution in [3.8, 4) is 0 Å². The Balaban J connectivity index is 1.46. The van der Waals surface area contributed by atoms with Crippen molar-refractivity contribution in [3.63, 3.8) is 0 Å². The molecule has 0 spiro atoms. The van der Waals surface area contributed by atoms with Crippen LogP contribution >= 0.6 is 23.4 Å². The lowest BCUT2D eigenvalue weighted by Crippen LogP contribution is -2.39. The zero-order valence-corrected chi connectivity index (χ0v) is 17.9. The van der Waals surface area contributed by atoms with Crippen molar-refractivity contribution in [2.45, 2.75) is 17.8 Å². The summed E-state index contributed by atoms with van der Waals surface area (Å²) < 4.78 is 24.4. The monoisotopic (exact) mass is 442 g/mol. The van der Waals surface area contributed by atoms with Gasteiger partial charge in [-0.25, -0.2) is 8.42 Å². The third-order valence-electron chi connectivity index (χ3n) is 5.45. The number of fused-ring (bicyclic) bond motifs is 2. The topological polar surface area (TPSA) is 49.7 Å². The van der Waals surface area contributed by atoms with Gasteiger partial charge in [-0.1, -0.05) is 65.8 Å². The number of aliphatic imine (C=N–C) groups is 1. The molecule has 4 nitrogen and oxygen atoms in total. The molecule has 2 aliphatic heterocycles. The Hall–Kier alpha value is -2.02. The van der Waals surface area contributed by atoms with Crippen molar-refractivity contribution < 1.29 is 8.42 Å². The summed E-state index contributed by atoms with van der Waals surface area (Å²) in [5, 5.41) is 3.99. The number of hydrogen-bond donors (Lipinski definition) is 0. The molecule has 148 valence electrons. The Kier molecular flexibility index (Phi) is 4.81. The van der Waals surface area contributed by atoms with E-state index in [2.05, 4.69) is 41.3 Å². The minimum Gasteiger partial charge on any atom is -0.315 e. The summed E-state index contributed by atoms with van der Waals surface area (Å²) in [5.41, 5.74) is 2.18. The second kappa shape index (κ2) is 7.35. The van der Waals surface area contributed by atoms with E-state index in [1.807, 2.05) is 30.3 Å². The maximum Gasteiger partial charge on any atom is 0.164 e. The largest absolute Gasteiger partial charge is 0.315 e. The summed E-state index contributed by atoms with van der Waals surface area (Å²) in [4.78, 5) is 6.90. The van der Waals surface area contributed by atoms with E-state index in [-0.39, 0.29) is 23.6 Å². The summed E-state index contributed by atoms with van der Waals surface area (Å²) in [7, 11) is -3.06. The van der Waals surface area contributed by atoms with Gasteiger partial charge in [-0.05, 0) is 40.6 Å². The number of sulfone groups is 1. The average Bonchev–Trinajstić information content (AvgIpc) is 3.18. The van der Waals surface area contributed by atoms with Crippen molar-refractivity contribution >= 4 is 54.8 Å². The Morgan fingerprint density at radius 1 is 1.00 bits per heavy atom. The van der Waals surface area contributed by atoms with E-state index in [4.69, 9.17) is 16.6 Å². The molecule has 3 aromatic rings. The van der Waals surface area contributed by atoms with Gasteiger partial charge in [0.25, 0.3) is 0 Å². The molecule has 0 bridgehead atoms. The first-order chi connectivity index (χ1) is 14.0. The molecule has 1 saturated heterocycles. The standard InChI is InChI=1S/C22H19ClN2O2S2/c23-17-8-10-18(11-9-17)25-21-14-29(26,27)13-20(21)24-22(25)28-12-16-6-3-5-15-4-1-2-7-19(15)16/h1-11,20-21H,12-14H2. The highest BCUT2D eigenvalue weighted by Gasteiger charge is 2.47. The molecule has 0 N–H and O–H groups in total. The third kappa shape index (κ3) is 3.65. The van der Waals surface area contributed by atoms with Crippen LogP contribution in [0.25, 0.3) is 10.8 Å². The summed E-state index contributed by atoms with van der Waals surface area (Å²) in [6, 6.07) is 21.9. The van der Waals surface area contributed by atoms with Gasteiger partial charge >= 0.3 is 0 Å². The SMILES string of the molecule is O=S1(=O)CC2N=C(SCc3cccc4ccccc34)N(c3ccc(Cl)cc3)C2C1.